The molecule has 32 heavy (non-hydrogen) atoms. The summed E-state index contributed by atoms with van der Waals surface area (Å²) in [5.74, 6) is -0.572. The first-order valence-electron chi connectivity index (χ1n) is 9.55. The first-order chi connectivity index (χ1) is 15.3. The van der Waals surface area contributed by atoms with E-state index in [1.807, 2.05) is 0 Å². The van der Waals surface area contributed by atoms with Crippen LogP contribution in [0, 0.1) is 0 Å². The Bertz CT molecular complexity index is 1110. The second-order valence-corrected chi connectivity index (χ2v) is 7.54. The molecule has 1 aliphatic rings. The van der Waals surface area contributed by atoms with Gasteiger partial charge in [0.2, 0.25) is 5.90 Å². The number of carbonyl (C=O) groups is 2. The number of nitrogens with zero attached hydrogens (tertiary/aromatic N) is 1. The molecule has 0 bridgehead atoms. The number of ether oxygens (including phenoxy) is 4. The standard InChI is InChI=1S/C22H18Cl3NO6/c1-3-29-18-9-12(7-16(25)20(18)31-11-19(27)30-4-2)8-17-22(28)32-21(26-17)13-5-6-14(23)15(24)10-13/h5-10H,3-4,11H2,1-2H3/b17-8-. The van der Waals surface area contributed by atoms with E-state index < -0.39 is 11.9 Å². The smallest absolute Gasteiger partial charge is 0.363 e. The summed E-state index contributed by atoms with van der Waals surface area (Å²) < 4.78 is 21.2. The summed E-state index contributed by atoms with van der Waals surface area (Å²) in [6.45, 7) is 3.73. The lowest BCUT2D eigenvalue weighted by molar-refractivity contribution is -0.145. The van der Waals surface area contributed by atoms with E-state index >= 15 is 0 Å². The fourth-order valence-corrected chi connectivity index (χ4v) is 3.30. The van der Waals surface area contributed by atoms with Crippen molar-refractivity contribution in [3.05, 3.63) is 62.2 Å². The van der Waals surface area contributed by atoms with Crippen molar-refractivity contribution in [3.63, 3.8) is 0 Å². The van der Waals surface area contributed by atoms with Crippen molar-refractivity contribution < 1.29 is 28.5 Å². The van der Waals surface area contributed by atoms with E-state index in [4.69, 9.17) is 53.8 Å². The Balaban J connectivity index is 1.89. The second kappa shape index (κ2) is 10.7. The highest BCUT2D eigenvalue weighted by Gasteiger charge is 2.25. The maximum absolute atomic E-state index is 12.3. The van der Waals surface area contributed by atoms with Crippen molar-refractivity contribution >= 4 is 58.7 Å². The van der Waals surface area contributed by atoms with Crippen molar-refractivity contribution in [3.8, 4) is 11.5 Å². The normalized spacial score (nSPS) is 14.2. The minimum absolute atomic E-state index is 0.0600. The van der Waals surface area contributed by atoms with Gasteiger partial charge in [-0.25, -0.2) is 14.6 Å². The molecule has 0 saturated carbocycles. The number of halogens is 3. The van der Waals surface area contributed by atoms with Gasteiger partial charge in [-0.2, -0.15) is 0 Å². The lowest BCUT2D eigenvalue weighted by Crippen LogP contribution is -2.15. The molecule has 2 aromatic carbocycles. The SMILES string of the molecule is CCOC(=O)COc1c(Cl)cc(/C=C2\N=C(c3ccc(Cl)c(Cl)c3)OC2=O)cc1OCC. The molecule has 0 spiro atoms. The van der Waals surface area contributed by atoms with E-state index in [0.717, 1.165) is 0 Å². The minimum Gasteiger partial charge on any atom is -0.490 e. The lowest BCUT2D eigenvalue weighted by atomic mass is 10.1. The third-order valence-corrected chi connectivity index (χ3v) is 5.08. The Morgan fingerprint density at radius 2 is 1.81 bits per heavy atom. The van der Waals surface area contributed by atoms with Gasteiger partial charge in [0.15, 0.2) is 23.8 Å². The molecule has 2 aromatic rings. The zero-order valence-corrected chi connectivity index (χ0v) is 19.4. The Morgan fingerprint density at radius 3 is 2.50 bits per heavy atom. The lowest BCUT2D eigenvalue weighted by Gasteiger charge is -2.14. The zero-order valence-electron chi connectivity index (χ0n) is 17.1. The largest absolute Gasteiger partial charge is 0.490 e. The Hall–Kier alpha value is -2.74. The molecule has 0 amide bonds. The Labute approximate surface area is 199 Å². The van der Waals surface area contributed by atoms with Crippen LogP contribution in [0.3, 0.4) is 0 Å². The molecule has 0 aliphatic carbocycles. The summed E-state index contributed by atoms with van der Waals surface area (Å²) >= 11 is 18.3. The van der Waals surface area contributed by atoms with Gasteiger partial charge in [0, 0.05) is 5.56 Å². The van der Waals surface area contributed by atoms with Gasteiger partial charge < -0.3 is 18.9 Å². The summed E-state index contributed by atoms with van der Waals surface area (Å²) in [5.41, 5.74) is 1.09. The van der Waals surface area contributed by atoms with Crippen LogP contribution in [0.5, 0.6) is 11.5 Å². The molecule has 0 saturated heterocycles. The highest BCUT2D eigenvalue weighted by atomic mass is 35.5. The first kappa shape index (κ1) is 23.9. The summed E-state index contributed by atoms with van der Waals surface area (Å²) in [7, 11) is 0. The molecule has 0 atom stereocenters. The van der Waals surface area contributed by atoms with Gasteiger partial charge in [-0.3, -0.25) is 0 Å². The van der Waals surface area contributed by atoms with Crippen molar-refractivity contribution in [2.75, 3.05) is 19.8 Å². The summed E-state index contributed by atoms with van der Waals surface area (Å²) in [6, 6.07) is 7.95. The van der Waals surface area contributed by atoms with Gasteiger partial charge in [-0.05, 0) is 55.8 Å². The third-order valence-electron chi connectivity index (χ3n) is 4.06. The number of carbonyl (C=O) groups excluding carboxylic acids is 2. The highest BCUT2D eigenvalue weighted by molar-refractivity contribution is 6.42. The molecule has 3 rings (SSSR count). The quantitative estimate of drug-likeness (QED) is 0.361. The van der Waals surface area contributed by atoms with E-state index in [-0.39, 0.29) is 35.6 Å². The van der Waals surface area contributed by atoms with Gasteiger partial charge >= 0.3 is 11.9 Å². The van der Waals surface area contributed by atoms with Crippen LogP contribution in [0.2, 0.25) is 15.1 Å². The number of hydrogen-bond donors (Lipinski definition) is 0. The molecule has 7 nitrogen and oxygen atoms in total. The molecule has 0 aromatic heterocycles. The Morgan fingerprint density at radius 1 is 1.03 bits per heavy atom. The molecule has 1 heterocycles. The van der Waals surface area contributed by atoms with Crippen LogP contribution in [0.1, 0.15) is 25.0 Å². The Kier molecular flexibility index (Phi) is 8.01. The number of benzene rings is 2. The van der Waals surface area contributed by atoms with Crippen molar-refractivity contribution in [2.45, 2.75) is 13.8 Å². The van der Waals surface area contributed by atoms with Crippen molar-refractivity contribution in [2.24, 2.45) is 4.99 Å². The monoisotopic (exact) mass is 497 g/mol. The molecular formula is C22H18Cl3NO6. The van der Waals surface area contributed by atoms with Crippen LogP contribution >= 0.6 is 34.8 Å². The molecule has 0 N–H and O–H groups in total. The topological polar surface area (TPSA) is 83.4 Å². The fourth-order valence-electron chi connectivity index (χ4n) is 2.73. The molecule has 1 aliphatic heterocycles. The second-order valence-electron chi connectivity index (χ2n) is 6.32. The maximum Gasteiger partial charge on any atom is 0.363 e. The fraction of sp³-hybridized carbons (Fsp3) is 0.227. The molecule has 0 fully saturated rings. The zero-order chi connectivity index (χ0) is 23.3. The summed E-state index contributed by atoms with van der Waals surface area (Å²) in [5, 5.41) is 0.874. The van der Waals surface area contributed by atoms with Gasteiger partial charge in [0.25, 0.3) is 0 Å². The van der Waals surface area contributed by atoms with Gasteiger partial charge in [0.1, 0.15) is 0 Å². The summed E-state index contributed by atoms with van der Waals surface area (Å²) in [6.07, 6.45) is 1.50. The van der Waals surface area contributed by atoms with Crippen molar-refractivity contribution in [1.82, 2.24) is 0 Å². The average molecular weight is 499 g/mol. The highest BCUT2D eigenvalue weighted by Crippen LogP contribution is 2.37. The van der Waals surface area contributed by atoms with Crippen LogP contribution in [0.4, 0.5) is 0 Å². The number of aliphatic imine (C=N–C) groups is 1. The summed E-state index contributed by atoms with van der Waals surface area (Å²) in [4.78, 5) is 28.1. The molecule has 0 unspecified atom stereocenters. The van der Waals surface area contributed by atoms with E-state index in [9.17, 15) is 9.59 Å². The van der Waals surface area contributed by atoms with Gasteiger partial charge in [0.05, 0.1) is 28.3 Å². The van der Waals surface area contributed by atoms with Crippen molar-refractivity contribution in [1.29, 1.82) is 0 Å². The van der Waals surface area contributed by atoms with Crippen LogP contribution in [0.15, 0.2) is 41.0 Å². The first-order valence-corrected chi connectivity index (χ1v) is 10.7. The number of rotatable bonds is 8. The number of esters is 2. The van der Waals surface area contributed by atoms with E-state index in [2.05, 4.69) is 4.99 Å². The molecule has 0 radical (unpaired) electrons. The van der Waals surface area contributed by atoms with Crippen LogP contribution < -0.4 is 9.47 Å². The van der Waals surface area contributed by atoms with Crippen LogP contribution in [-0.2, 0) is 19.1 Å². The third kappa shape index (κ3) is 5.73. The maximum atomic E-state index is 12.3. The van der Waals surface area contributed by atoms with E-state index in [0.29, 0.717) is 33.5 Å². The average Bonchev–Trinajstić information content (AvgIpc) is 3.10. The molecular weight excluding hydrogens is 481 g/mol. The number of hydrogen-bond acceptors (Lipinski definition) is 7. The van der Waals surface area contributed by atoms with E-state index in [1.54, 1.807) is 44.2 Å². The van der Waals surface area contributed by atoms with Gasteiger partial charge in [-0.15, -0.1) is 0 Å². The molecule has 10 heteroatoms. The van der Waals surface area contributed by atoms with E-state index in [1.165, 1.54) is 6.08 Å². The predicted octanol–water partition coefficient (Wildman–Crippen LogP) is 5.33. The van der Waals surface area contributed by atoms with Gasteiger partial charge in [-0.1, -0.05) is 34.8 Å². The predicted molar refractivity (Wildman–Crippen MR) is 122 cm³/mol. The number of cyclic esters (lactones) is 1. The van der Waals surface area contributed by atoms with Crippen LogP contribution in [-0.4, -0.2) is 37.7 Å². The van der Waals surface area contributed by atoms with Crippen LogP contribution in [0.25, 0.3) is 6.08 Å². The molecule has 168 valence electrons. The minimum atomic E-state index is -0.636.